The van der Waals surface area contributed by atoms with Gasteiger partial charge in [-0.2, -0.15) is 0 Å². The molecule has 0 radical (unpaired) electrons. The lowest BCUT2D eigenvalue weighted by Gasteiger charge is -2.24. The van der Waals surface area contributed by atoms with Crippen LogP contribution in [0, 0.1) is 3.57 Å². The van der Waals surface area contributed by atoms with Gasteiger partial charge in [0.05, 0.1) is 21.2 Å². The van der Waals surface area contributed by atoms with Crippen LogP contribution in [0.4, 0.5) is 0 Å². The zero-order valence-corrected chi connectivity index (χ0v) is 21.5. The molecule has 12 heteroatoms. The van der Waals surface area contributed by atoms with E-state index in [9.17, 15) is 24.0 Å². The molecule has 1 fully saturated rings. The predicted octanol–water partition coefficient (Wildman–Crippen LogP) is 1.88. The summed E-state index contributed by atoms with van der Waals surface area (Å²) in [5.74, 6) is -2.23. The number of halogens is 1. The molecule has 1 aliphatic heterocycles. The van der Waals surface area contributed by atoms with Crippen LogP contribution in [-0.4, -0.2) is 52.1 Å². The molecule has 1 N–H and O–H groups in total. The number of carbonyl (C=O) groups is 3. The SMILES string of the molecule is CC(=O)OC1O[C@H](Cn2cc(I)c(=O)[nH]c2=O)[C@@H](OC(=O)c2ccccc2)[C@H]1OC(=O)c1ccccc1. The number of nitrogens with one attached hydrogen (secondary N) is 1. The normalized spacial score (nSPS) is 20.7. The first kappa shape index (κ1) is 26.3. The summed E-state index contributed by atoms with van der Waals surface area (Å²) in [5.41, 5.74) is -0.849. The molecule has 11 nitrogen and oxygen atoms in total. The zero-order chi connectivity index (χ0) is 26.5. The fraction of sp³-hybridized carbons (Fsp3) is 0.240. The molecule has 0 aliphatic carbocycles. The Bertz CT molecular complexity index is 1400. The third-order valence-electron chi connectivity index (χ3n) is 5.40. The minimum atomic E-state index is -1.43. The second kappa shape index (κ2) is 11.5. The van der Waals surface area contributed by atoms with E-state index in [0.29, 0.717) is 0 Å². The van der Waals surface area contributed by atoms with E-state index in [1.165, 1.54) is 30.5 Å². The van der Waals surface area contributed by atoms with Crippen molar-refractivity contribution in [3.05, 3.63) is 102 Å². The minimum absolute atomic E-state index is 0.213. The third-order valence-corrected chi connectivity index (χ3v) is 6.17. The number of aromatic nitrogens is 2. The van der Waals surface area contributed by atoms with Crippen molar-refractivity contribution < 1.29 is 33.3 Å². The van der Waals surface area contributed by atoms with E-state index >= 15 is 0 Å². The van der Waals surface area contributed by atoms with Gasteiger partial charge in [-0.15, -0.1) is 0 Å². The number of ether oxygens (including phenoxy) is 4. The lowest BCUT2D eigenvalue weighted by atomic mass is 10.1. The Balaban J connectivity index is 1.69. The van der Waals surface area contributed by atoms with E-state index in [1.807, 2.05) is 0 Å². The first-order valence-corrected chi connectivity index (χ1v) is 12.1. The van der Waals surface area contributed by atoms with Gasteiger partial charge in [-0.05, 0) is 46.9 Å². The first-order chi connectivity index (χ1) is 17.7. The van der Waals surface area contributed by atoms with E-state index in [0.717, 1.165) is 11.5 Å². The quantitative estimate of drug-likeness (QED) is 0.238. The molecule has 1 aliphatic rings. The summed E-state index contributed by atoms with van der Waals surface area (Å²) in [6, 6.07) is 16.2. The van der Waals surface area contributed by atoms with Crippen LogP contribution in [0.2, 0.25) is 0 Å². The van der Waals surface area contributed by atoms with E-state index in [-0.39, 0.29) is 21.2 Å². The number of hydrogen-bond acceptors (Lipinski definition) is 9. The van der Waals surface area contributed by atoms with Crippen molar-refractivity contribution in [2.75, 3.05) is 0 Å². The van der Waals surface area contributed by atoms with Crippen LogP contribution in [0.3, 0.4) is 0 Å². The van der Waals surface area contributed by atoms with Gasteiger partial charge in [0.2, 0.25) is 12.4 Å². The zero-order valence-electron chi connectivity index (χ0n) is 19.4. The van der Waals surface area contributed by atoms with Crippen LogP contribution in [-0.2, 0) is 30.3 Å². The molecule has 1 aromatic heterocycles. The fourth-order valence-electron chi connectivity index (χ4n) is 3.71. The predicted molar refractivity (Wildman–Crippen MR) is 136 cm³/mol. The number of aromatic amines is 1. The highest BCUT2D eigenvalue weighted by atomic mass is 127. The minimum Gasteiger partial charge on any atom is -0.452 e. The van der Waals surface area contributed by atoms with Gasteiger partial charge in [-0.3, -0.25) is 19.1 Å². The fourth-order valence-corrected chi connectivity index (χ4v) is 4.18. The number of nitrogens with zero attached hydrogens (tertiary/aromatic N) is 1. The number of rotatable bonds is 7. The number of hydrogen-bond donors (Lipinski definition) is 1. The molecule has 0 spiro atoms. The first-order valence-electron chi connectivity index (χ1n) is 11.1. The summed E-state index contributed by atoms with van der Waals surface area (Å²) in [6.07, 6.45) is -3.84. The van der Waals surface area contributed by atoms with Crippen LogP contribution in [0.15, 0.2) is 76.4 Å². The van der Waals surface area contributed by atoms with Crippen molar-refractivity contribution in [1.29, 1.82) is 0 Å². The molecule has 0 bridgehead atoms. The summed E-state index contributed by atoms with van der Waals surface area (Å²) < 4.78 is 23.8. The van der Waals surface area contributed by atoms with Crippen molar-refractivity contribution in [2.24, 2.45) is 0 Å². The maximum atomic E-state index is 13.0. The van der Waals surface area contributed by atoms with Crippen molar-refractivity contribution in [3.8, 4) is 0 Å². The Kier molecular flexibility index (Phi) is 8.18. The molecule has 3 aromatic rings. The van der Waals surface area contributed by atoms with Gasteiger partial charge in [0, 0.05) is 13.1 Å². The Hall–Kier alpha value is -3.78. The number of carbonyl (C=O) groups excluding carboxylic acids is 3. The Morgan fingerprint density at radius 2 is 1.43 bits per heavy atom. The largest absolute Gasteiger partial charge is 0.452 e. The van der Waals surface area contributed by atoms with Gasteiger partial charge >= 0.3 is 23.6 Å². The summed E-state index contributed by atoms with van der Waals surface area (Å²) >= 11 is 1.76. The Morgan fingerprint density at radius 3 is 1.97 bits per heavy atom. The second-order valence-electron chi connectivity index (χ2n) is 8.01. The van der Waals surface area contributed by atoms with Crippen LogP contribution in [0.5, 0.6) is 0 Å². The number of esters is 3. The summed E-state index contributed by atoms with van der Waals surface area (Å²) in [6.45, 7) is 0.933. The highest BCUT2D eigenvalue weighted by Gasteiger charge is 2.52. The van der Waals surface area contributed by atoms with Gasteiger partial charge in [0.25, 0.3) is 5.56 Å². The third kappa shape index (κ3) is 6.32. The number of H-pyrrole nitrogens is 1. The smallest absolute Gasteiger partial charge is 0.338 e. The van der Waals surface area contributed by atoms with Crippen molar-refractivity contribution in [1.82, 2.24) is 9.55 Å². The van der Waals surface area contributed by atoms with Crippen LogP contribution >= 0.6 is 22.6 Å². The standard InChI is InChI=1S/C25H21IN2O9/c1-14(29)34-24-20(37-23(32)16-10-6-3-7-11-16)19(36-22(31)15-8-4-2-5-9-15)18(35-24)13-28-12-17(26)21(30)27-25(28)33/h2-12,18-20,24H,13H2,1H3,(H,27,30,33)/t18-,19-,20-,24?/m1/s1. The van der Waals surface area contributed by atoms with E-state index in [2.05, 4.69) is 4.98 Å². The molecular formula is C25H21IN2O9. The molecule has 2 heterocycles. The van der Waals surface area contributed by atoms with Crippen molar-refractivity contribution >= 4 is 40.5 Å². The maximum absolute atomic E-state index is 13.0. The molecule has 4 rings (SSSR count). The van der Waals surface area contributed by atoms with E-state index < -0.39 is 53.8 Å². The molecule has 192 valence electrons. The average molecular weight is 620 g/mol. The number of benzene rings is 2. The molecule has 0 saturated carbocycles. The second-order valence-corrected chi connectivity index (χ2v) is 9.18. The lowest BCUT2D eigenvalue weighted by Crippen LogP contribution is -2.43. The molecule has 0 amide bonds. The summed E-state index contributed by atoms with van der Waals surface area (Å²) in [4.78, 5) is 64.0. The van der Waals surface area contributed by atoms with Gasteiger partial charge in [-0.25, -0.2) is 14.4 Å². The summed E-state index contributed by atoms with van der Waals surface area (Å²) in [7, 11) is 0. The van der Waals surface area contributed by atoms with Crippen LogP contribution in [0.1, 0.15) is 27.6 Å². The van der Waals surface area contributed by atoms with Crippen LogP contribution in [0.25, 0.3) is 0 Å². The highest BCUT2D eigenvalue weighted by molar-refractivity contribution is 14.1. The molecular weight excluding hydrogens is 599 g/mol. The van der Waals surface area contributed by atoms with Crippen molar-refractivity contribution in [2.45, 2.75) is 38.1 Å². The molecule has 2 aromatic carbocycles. The van der Waals surface area contributed by atoms with Gasteiger partial charge in [-0.1, -0.05) is 36.4 Å². The molecule has 37 heavy (non-hydrogen) atoms. The van der Waals surface area contributed by atoms with Gasteiger partial charge < -0.3 is 18.9 Å². The monoisotopic (exact) mass is 620 g/mol. The Morgan fingerprint density at radius 1 is 0.892 bits per heavy atom. The van der Waals surface area contributed by atoms with Gasteiger partial charge in [0.1, 0.15) is 6.10 Å². The highest BCUT2D eigenvalue weighted by Crippen LogP contribution is 2.30. The topological polar surface area (TPSA) is 143 Å². The molecule has 1 unspecified atom stereocenters. The average Bonchev–Trinajstić information content (AvgIpc) is 3.17. The molecule has 1 saturated heterocycles. The molecule has 4 atom stereocenters. The summed E-state index contributed by atoms with van der Waals surface area (Å²) in [5, 5.41) is 0. The Labute approximate surface area is 223 Å². The van der Waals surface area contributed by atoms with Gasteiger partial charge in [0.15, 0.2) is 6.10 Å². The van der Waals surface area contributed by atoms with E-state index in [1.54, 1.807) is 59.0 Å². The van der Waals surface area contributed by atoms with E-state index in [4.69, 9.17) is 18.9 Å². The van der Waals surface area contributed by atoms with Crippen LogP contribution < -0.4 is 11.2 Å². The lowest BCUT2D eigenvalue weighted by molar-refractivity contribution is -0.186. The van der Waals surface area contributed by atoms with Crippen molar-refractivity contribution in [3.63, 3.8) is 0 Å². The maximum Gasteiger partial charge on any atom is 0.338 e.